The Morgan fingerprint density at radius 2 is 1.81 bits per heavy atom. The largest absolute Gasteiger partial charge is 0.345 e. The molecule has 26 heavy (non-hydrogen) atoms. The number of hydrogen-bond donors (Lipinski definition) is 1. The lowest BCUT2D eigenvalue weighted by molar-refractivity contribution is -0.113. The molecule has 0 spiro atoms. The molecule has 0 unspecified atom stereocenters. The summed E-state index contributed by atoms with van der Waals surface area (Å²) in [4.78, 5) is 25.6. The lowest BCUT2D eigenvalue weighted by Gasteiger charge is -2.11. The minimum absolute atomic E-state index is 0.0760. The molecule has 1 aromatic heterocycles. The van der Waals surface area contributed by atoms with E-state index in [4.69, 9.17) is 0 Å². The smallest absolute Gasteiger partial charge is 0.253 e. The van der Waals surface area contributed by atoms with Crippen LogP contribution in [0.1, 0.15) is 10.4 Å². The first kappa shape index (κ1) is 17.9. The van der Waals surface area contributed by atoms with Gasteiger partial charge in [-0.15, -0.1) is 5.10 Å². The predicted molar refractivity (Wildman–Crippen MR) is 103 cm³/mol. The molecule has 0 aliphatic heterocycles. The Morgan fingerprint density at radius 1 is 1.08 bits per heavy atom. The Kier molecular flexibility index (Phi) is 5.48. The van der Waals surface area contributed by atoms with Crippen LogP contribution in [0, 0.1) is 0 Å². The van der Waals surface area contributed by atoms with Gasteiger partial charge in [-0.1, -0.05) is 36.0 Å². The third-order valence-electron chi connectivity index (χ3n) is 3.70. The van der Waals surface area contributed by atoms with Crippen molar-refractivity contribution in [2.45, 2.75) is 5.03 Å². The molecule has 6 nitrogen and oxygen atoms in total. The van der Waals surface area contributed by atoms with E-state index in [-0.39, 0.29) is 17.6 Å². The van der Waals surface area contributed by atoms with Crippen molar-refractivity contribution in [3.8, 4) is 0 Å². The molecule has 0 aliphatic carbocycles. The second-order valence-electron chi connectivity index (χ2n) is 5.85. The lowest BCUT2D eigenvalue weighted by Crippen LogP contribution is -2.21. The summed E-state index contributed by atoms with van der Waals surface area (Å²) in [5.41, 5.74) is 1.23. The first-order valence-corrected chi connectivity index (χ1v) is 8.98. The number of rotatable bonds is 5. The second kappa shape index (κ2) is 7.97. The Labute approximate surface area is 155 Å². The summed E-state index contributed by atoms with van der Waals surface area (Å²) < 4.78 is 0. The summed E-state index contributed by atoms with van der Waals surface area (Å²) in [7, 11) is 3.40. The van der Waals surface area contributed by atoms with Crippen LogP contribution in [0.3, 0.4) is 0 Å². The van der Waals surface area contributed by atoms with Gasteiger partial charge in [0.1, 0.15) is 5.03 Å². The Bertz CT molecular complexity index is 936. The highest BCUT2D eigenvalue weighted by atomic mass is 32.2. The van der Waals surface area contributed by atoms with Crippen LogP contribution in [0.15, 0.2) is 59.8 Å². The van der Waals surface area contributed by atoms with Gasteiger partial charge >= 0.3 is 0 Å². The van der Waals surface area contributed by atoms with E-state index in [1.165, 1.54) is 16.7 Å². The van der Waals surface area contributed by atoms with E-state index in [9.17, 15) is 9.59 Å². The molecule has 7 heteroatoms. The van der Waals surface area contributed by atoms with Crippen LogP contribution < -0.4 is 5.32 Å². The highest BCUT2D eigenvalue weighted by Crippen LogP contribution is 2.24. The van der Waals surface area contributed by atoms with Gasteiger partial charge in [0, 0.05) is 36.1 Å². The number of nitrogens with one attached hydrogen (secondary N) is 1. The third-order valence-corrected chi connectivity index (χ3v) is 4.68. The van der Waals surface area contributed by atoms with Gasteiger partial charge in [-0.2, -0.15) is 5.10 Å². The summed E-state index contributed by atoms with van der Waals surface area (Å²) in [5.74, 6) is 0.00512. The van der Waals surface area contributed by atoms with Crippen LogP contribution in [0.5, 0.6) is 0 Å². The third kappa shape index (κ3) is 4.18. The van der Waals surface area contributed by atoms with Gasteiger partial charge in [0.25, 0.3) is 5.91 Å². The zero-order valence-electron chi connectivity index (χ0n) is 14.5. The SMILES string of the molecule is CN(C)C(=O)c1ccc(NC(=O)CSc2nncc3ccccc23)cc1. The van der Waals surface area contributed by atoms with Gasteiger partial charge in [-0.3, -0.25) is 9.59 Å². The van der Waals surface area contributed by atoms with Gasteiger partial charge in [0.05, 0.1) is 11.9 Å². The molecule has 2 aromatic carbocycles. The number of aromatic nitrogens is 2. The van der Waals surface area contributed by atoms with Gasteiger partial charge < -0.3 is 10.2 Å². The molecule has 3 aromatic rings. The monoisotopic (exact) mass is 366 g/mol. The van der Waals surface area contributed by atoms with Crippen molar-refractivity contribution in [2.75, 3.05) is 25.2 Å². The Hall–Kier alpha value is -2.93. The minimum atomic E-state index is -0.142. The number of anilines is 1. The summed E-state index contributed by atoms with van der Waals surface area (Å²) in [6.45, 7) is 0. The van der Waals surface area contributed by atoms with Crippen molar-refractivity contribution in [2.24, 2.45) is 0 Å². The summed E-state index contributed by atoms with van der Waals surface area (Å²) >= 11 is 1.34. The van der Waals surface area contributed by atoms with E-state index in [1.54, 1.807) is 44.6 Å². The number of carbonyl (C=O) groups is 2. The van der Waals surface area contributed by atoms with Crippen LogP contribution in [0.25, 0.3) is 10.8 Å². The standard InChI is InChI=1S/C19H18N4O2S/c1-23(2)19(25)13-7-9-15(10-8-13)21-17(24)12-26-18-16-6-4-3-5-14(16)11-20-22-18/h3-11H,12H2,1-2H3,(H,21,24). The number of hydrogen-bond acceptors (Lipinski definition) is 5. The van der Waals surface area contributed by atoms with Gasteiger partial charge in [0.15, 0.2) is 0 Å². The first-order valence-electron chi connectivity index (χ1n) is 7.99. The number of benzene rings is 2. The average Bonchev–Trinajstić information content (AvgIpc) is 2.66. The van der Waals surface area contributed by atoms with Crippen molar-refractivity contribution in [1.29, 1.82) is 0 Å². The van der Waals surface area contributed by atoms with E-state index < -0.39 is 0 Å². The van der Waals surface area contributed by atoms with Crippen LogP contribution in [-0.4, -0.2) is 46.8 Å². The molecule has 1 heterocycles. The zero-order valence-corrected chi connectivity index (χ0v) is 15.3. The topological polar surface area (TPSA) is 75.2 Å². The van der Waals surface area contributed by atoms with Crippen LogP contribution >= 0.6 is 11.8 Å². The number of amides is 2. The number of carbonyl (C=O) groups excluding carboxylic acids is 2. The van der Waals surface area contributed by atoms with Gasteiger partial charge in [-0.05, 0) is 24.3 Å². The fourth-order valence-electron chi connectivity index (χ4n) is 2.39. The fourth-order valence-corrected chi connectivity index (χ4v) is 3.18. The van der Waals surface area contributed by atoms with E-state index in [1.807, 2.05) is 24.3 Å². The molecule has 0 aliphatic rings. The molecular weight excluding hydrogens is 348 g/mol. The quantitative estimate of drug-likeness (QED) is 0.703. The molecular formula is C19H18N4O2S. The lowest BCUT2D eigenvalue weighted by atomic mass is 10.2. The van der Waals surface area contributed by atoms with Crippen LogP contribution in [0.2, 0.25) is 0 Å². The van der Waals surface area contributed by atoms with E-state index in [2.05, 4.69) is 15.5 Å². The maximum absolute atomic E-state index is 12.2. The molecule has 2 amide bonds. The van der Waals surface area contributed by atoms with Crippen LogP contribution in [-0.2, 0) is 4.79 Å². The second-order valence-corrected chi connectivity index (χ2v) is 6.81. The summed E-state index contributed by atoms with van der Waals surface area (Å²) in [6.07, 6.45) is 1.70. The van der Waals surface area contributed by atoms with Crippen molar-refractivity contribution in [3.05, 3.63) is 60.3 Å². The number of thioether (sulfide) groups is 1. The minimum Gasteiger partial charge on any atom is -0.345 e. The average molecular weight is 366 g/mol. The zero-order chi connectivity index (χ0) is 18.5. The van der Waals surface area contributed by atoms with Crippen molar-refractivity contribution < 1.29 is 9.59 Å². The van der Waals surface area contributed by atoms with Crippen molar-refractivity contribution in [3.63, 3.8) is 0 Å². The molecule has 0 fully saturated rings. The van der Waals surface area contributed by atoms with Crippen LogP contribution in [0.4, 0.5) is 5.69 Å². The molecule has 0 bridgehead atoms. The normalized spacial score (nSPS) is 10.5. The maximum atomic E-state index is 12.2. The van der Waals surface area contributed by atoms with E-state index in [0.717, 1.165) is 15.8 Å². The molecule has 3 rings (SSSR count). The maximum Gasteiger partial charge on any atom is 0.253 e. The predicted octanol–water partition coefficient (Wildman–Crippen LogP) is 3.06. The molecule has 1 N–H and O–H groups in total. The first-order chi connectivity index (χ1) is 12.5. The molecule has 0 radical (unpaired) electrons. The Morgan fingerprint density at radius 3 is 2.54 bits per heavy atom. The Balaban J connectivity index is 1.61. The molecule has 0 atom stereocenters. The number of nitrogens with zero attached hydrogens (tertiary/aromatic N) is 3. The summed E-state index contributed by atoms with van der Waals surface area (Å²) in [6, 6.07) is 14.6. The van der Waals surface area contributed by atoms with Crippen molar-refractivity contribution >= 4 is 40.0 Å². The fraction of sp³-hybridized carbons (Fsp3) is 0.158. The molecule has 0 saturated heterocycles. The van der Waals surface area contributed by atoms with Gasteiger partial charge in [0.2, 0.25) is 5.91 Å². The van der Waals surface area contributed by atoms with E-state index in [0.29, 0.717) is 11.3 Å². The molecule has 0 saturated carbocycles. The number of fused-ring (bicyclic) bond motifs is 1. The summed E-state index contributed by atoms with van der Waals surface area (Å²) in [5, 5.41) is 13.6. The van der Waals surface area contributed by atoms with Crippen molar-refractivity contribution in [1.82, 2.24) is 15.1 Å². The van der Waals surface area contributed by atoms with Gasteiger partial charge in [-0.25, -0.2) is 0 Å². The highest BCUT2D eigenvalue weighted by Gasteiger charge is 2.10. The highest BCUT2D eigenvalue weighted by molar-refractivity contribution is 8.00. The molecule has 132 valence electrons. The van der Waals surface area contributed by atoms with E-state index >= 15 is 0 Å².